The second kappa shape index (κ2) is 8.55. The zero-order valence-corrected chi connectivity index (χ0v) is 15.7. The number of rotatable bonds is 7. The lowest BCUT2D eigenvalue weighted by Gasteiger charge is -2.11. The van der Waals surface area contributed by atoms with E-state index in [4.69, 9.17) is 4.42 Å². The molecular formula is C18H13F4N3O4S. The molecule has 3 rings (SSSR count). The van der Waals surface area contributed by atoms with E-state index in [0.717, 1.165) is 24.3 Å². The summed E-state index contributed by atoms with van der Waals surface area (Å²) in [5.74, 6) is -7.29. The van der Waals surface area contributed by atoms with Crippen LogP contribution in [0.25, 0.3) is 0 Å². The molecule has 158 valence electrons. The van der Waals surface area contributed by atoms with Gasteiger partial charge in [-0.3, -0.25) is 15.6 Å². The molecule has 0 aliphatic rings. The van der Waals surface area contributed by atoms with Crippen LogP contribution in [0.15, 0.2) is 58.0 Å². The zero-order valence-electron chi connectivity index (χ0n) is 14.9. The number of benzene rings is 2. The van der Waals surface area contributed by atoms with Crippen molar-refractivity contribution in [3.05, 3.63) is 83.3 Å². The minimum Gasteiger partial charge on any atom is -0.468 e. The topological polar surface area (TPSA) is 100 Å². The summed E-state index contributed by atoms with van der Waals surface area (Å²) < 4.78 is 85.3. The minimum atomic E-state index is -3.89. The Kier molecular flexibility index (Phi) is 6.08. The van der Waals surface area contributed by atoms with Crippen molar-refractivity contribution in [1.82, 2.24) is 10.1 Å². The summed E-state index contributed by atoms with van der Waals surface area (Å²) in [5.41, 5.74) is 2.33. The maximum absolute atomic E-state index is 13.6. The van der Waals surface area contributed by atoms with Crippen molar-refractivity contribution in [3.8, 4) is 0 Å². The Bertz CT molecular complexity index is 1140. The summed E-state index contributed by atoms with van der Waals surface area (Å²) in [6, 6.07) is 7.73. The number of carbonyl (C=O) groups is 1. The second-order valence-electron chi connectivity index (χ2n) is 5.85. The third-order valence-corrected chi connectivity index (χ3v) is 5.27. The Hall–Kier alpha value is -3.38. The summed E-state index contributed by atoms with van der Waals surface area (Å²) in [5, 5.41) is 0. The molecule has 3 N–H and O–H groups in total. The Morgan fingerprint density at radius 2 is 1.60 bits per heavy atom. The quantitative estimate of drug-likeness (QED) is 0.296. The molecule has 0 saturated carbocycles. The molecule has 12 heteroatoms. The third kappa shape index (κ3) is 4.60. The van der Waals surface area contributed by atoms with Crippen LogP contribution < -0.4 is 15.6 Å². The first kappa shape index (κ1) is 21.3. The Labute approximate surface area is 167 Å². The molecule has 0 spiro atoms. The maximum Gasteiger partial charge on any atom is 0.269 e. The molecule has 30 heavy (non-hydrogen) atoms. The molecule has 1 aromatic heterocycles. The predicted octanol–water partition coefficient (Wildman–Crippen LogP) is 3.07. The molecule has 1 amide bonds. The molecule has 0 radical (unpaired) electrons. The monoisotopic (exact) mass is 443 g/mol. The molecule has 2 aromatic carbocycles. The second-order valence-corrected chi connectivity index (χ2v) is 7.62. The highest BCUT2D eigenvalue weighted by Crippen LogP contribution is 2.23. The molecule has 0 fully saturated rings. The van der Waals surface area contributed by atoms with Gasteiger partial charge in [-0.05, 0) is 36.4 Å². The normalized spacial score (nSPS) is 11.3. The standard InChI is InChI=1S/C18H13F4N3O4S/c19-13-8-14(20)16(22)17(15(13)21)24-25-18(26)10-3-5-12(6-4-10)30(27,28)23-9-11-2-1-7-29-11/h1-8,23-24H,9H2,(H,25,26). The van der Waals surface area contributed by atoms with Gasteiger partial charge in [-0.1, -0.05) is 0 Å². The van der Waals surface area contributed by atoms with Gasteiger partial charge in [0.1, 0.15) is 11.4 Å². The molecule has 0 aliphatic heterocycles. The largest absolute Gasteiger partial charge is 0.468 e. The lowest BCUT2D eigenvalue weighted by molar-refractivity contribution is 0.0962. The van der Waals surface area contributed by atoms with Crippen LogP contribution in [0.4, 0.5) is 23.2 Å². The van der Waals surface area contributed by atoms with E-state index in [9.17, 15) is 30.8 Å². The van der Waals surface area contributed by atoms with E-state index in [-0.39, 0.29) is 23.1 Å². The van der Waals surface area contributed by atoms with E-state index in [1.165, 1.54) is 6.26 Å². The van der Waals surface area contributed by atoms with E-state index in [0.29, 0.717) is 5.76 Å². The fraction of sp³-hybridized carbons (Fsp3) is 0.0556. The number of hydrogen-bond acceptors (Lipinski definition) is 5. The highest BCUT2D eigenvalue weighted by atomic mass is 32.2. The van der Waals surface area contributed by atoms with Crippen molar-refractivity contribution in [2.24, 2.45) is 0 Å². The Morgan fingerprint density at radius 1 is 0.967 bits per heavy atom. The van der Waals surface area contributed by atoms with Gasteiger partial charge in [-0.25, -0.2) is 30.7 Å². The van der Waals surface area contributed by atoms with Gasteiger partial charge in [0, 0.05) is 11.6 Å². The van der Waals surface area contributed by atoms with E-state index < -0.39 is 44.9 Å². The number of sulfonamides is 1. The number of furan rings is 1. The molecule has 3 aromatic rings. The molecule has 0 saturated heterocycles. The molecule has 0 atom stereocenters. The first-order chi connectivity index (χ1) is 14.2. The predicted molar refractivity (Wildman–Crippen MR) is 96.5 cm³/mol. The molecule has 1 heterocycles. The van der Waals surface area contributed by atoms with E-state index in [2.05, 4.69) is 4.72 Å². The van der Waals surface area contributed by atoms with Crippen molar-refractivity contribution in [2.75, 3.05) is 5.43 Å². The number of carbonyl (C=O) groups excluding carboxylic acids is 1. The summed E-state index contributed by atoms with van der Waals surface area (Å²) in [7, 11) is -3.89. The van der Waals surface area contributed by atoms with Gasteiger partial charge in [-0.2, -0.15) is 0 Å². The smallest absolute Gasteiger partial charge is 0.269 e. The number of amides is 1. The lowest BCUT2D eigenvalue weighted by Crippen LogP contribution is -2.31. The number of hydrogen-bond donors (Lipinski definition) is 3. The van der Waals surface area contributed by atoms with Gasteiger partial charge in [0.15, 0.2) is 23.3 Å². The van der Waals surface area contributed by atoms with Crippen LogP contribution in [-0.4, -0.2) is 14.3 Å². The highest BCUT2D eigenvalue weighted by molar-refractivity contribution is 7.89. The lowest BCUT2D eigenvalue weighted by atomic mass is 10.2. The highest BCUT2D eigenvalue weighted by Gasteiger charge is 2.20. The first-order valence-corrected chi connectivity index (χ1v) is 9.69. The van der Waals surface area contributed by atoms with Crippen LogP contribution in [0.2, 0.25) is 0 Å². The SMILES string of the molecule is O=C(NNc1c(F)c(F)cc(F)c1F)c1ccc(S(=O)(=O)NCc2ccco2)cc1. The van der Waals surface area contributed by atoms with Gasteiger partial charge in [0.25, 0.3) is 5.91 Å². The summed E-state index contributed by atoms with van der Waals surface area (Å²) in [6.07, 6.45) is 1.39. The van der Waals surface area contributed by atoms with Crippen LogP contribution in [-0.2, 0) is 16.6 Å². The number of halogens is 4. The van der Waals surface area contributed by atoms with Gasteiger partial charge >= 0.3 is 0 Å². The van der Waals surface area contributed by atoms with Gasteiger partial charge in [-0.15, -0.1) is 0 Å². The van der Waals surface area contributed by atoms with Crippen LogP contribution in [0, 0.1) is 23.3 Å². The Morgan fingerprint density at radius 3 is 2.17 bits per heavy atom. The van der Waals surface area contributed by atoms with Crippen molar-refractivity contribution in [1.29, 1.82) is 0 Å². The van der Waals surface area contributed by atoms with Crippen molar-refractivity contribution in [2.45, 2.75) is 11.4 Å². The van der Waals surface area contributed by atoms with Crippen LogP contribution in [0.1, 0.15) is 16.1 Å². The average molecular weight is 443 g/mol. The molecule has 0 aliphatic carbocycles. The minimum absolute atomic E-state index is 0.0246. The molecule has 0 bridgehead atoms. The molecular weight excluding hydrogens is 430 g/mol. The molecule has 7 nitrogen and oxygen atoms in total. The van der Waals surface area contributed by atoms with Crippen molar-refractivity contribution < 1.29 is 35.2 Å². The first-order valence-electron chi connectivity index (χ1n) is 8.20. The van der Waals surface area contributed by atoms with Gasteiger partial charge in [0.2, 0.25) is 10.0 Å². The fourth-order valence-corrected chi connectivity index (χ4v) is 3.32. The average Bonchev–Trinajstić information content (AvgIpc) is 3.24. The van der Waals surface area contributed by atoms with Crippen molar-refractivity contribution in [3.63, 3.8) is 0 Å². The number of hydrazine groups is 1. The van der Waals surface area contributed by atoms with E-state index >= 15 is 0 Å². The number of anilines is 1. The zero-order chi connectivity index (χ0) is 21.9. The maximum atomic E-state index is 13.6. The Balaban J connectivity index is 1.67. The third-order valence-electron chi connectivity index (χ3n) is 3.86. The summed E-state index contributed by atoms with van der Waals surface area (Å²) in [6.45, 7) is -0.0805. The summed E-state index contributed by atoms with van der Waals surface area (Å²) >= 11 is 0. The van der Waals surface area contributed by atoms with Crippen LogP contribution in [0.5, 0.6) is 0 Å². The van der Waals surface area contributed by atoms with E-state index in [1.54, 1.807) is 17.6 Å². The number of nitrogens with one attached hydrogen (secondary N) is 3. The molecule has 0 unspecified atom stereocenters. The van der Waals surface area contributed by atoms with Crippen LogP contribution in [0.3, 0.4) is 0 Å². The van der Waals surface area contributed by atoms with Gasteiger partial charge < -0.3 is 4.42 Å². The van der Waals surface area contributed by atoms with Gasteiger partial charge in [0.05, 0.1) is 17.7 Å². The fourth-order valence-electron chi connectivity index (χ4n) is 2.32. The summed E-state index contributed by atoms with van der Waals surface area (Å²) in [4.78, 5) is 11.9. The van der Waals surface area contributed by atoms with E-state index in [1.807, 2.05) is 5.43 Å². The van der Waals surface area contributed by atoms with Crippen molar-refractivity contribution >= 4 is 21.6 Å². The van der Waals surface area contributed by atoms with Crippen LogP contribution >= 0.6 is 0 Å².